The Balaban J connectivity index is 2.01. The maximum absolute atomic E-state index is 12.8. The number of halogens is 1. The van der Waals surface area contributed by atoms with Crippen molar-refractivity contribution in [3.8, 4) is 0 Å². The Morgan fingerprint density at radius 2 is 1.86 bits per heavy atom. The molecular weight excluding hydrogens is 271 g/mol. The molecule has 0 aliphatic carbocycles. The van der Waals surface area contributed by atoms with E-state index in [1.165, 1.54) is 36.7 Å². The third-order valence-electron chi connectivity index (χ3n) is 3.00. The van der Waals surface area contributed by atoms with Gasteiger partial charge in [0.15, 0.2) is 0 Å². The fourth-order valence-electron chi connectivity index (χ4n) is 1.58. The van der Waals surface area contributed by atoms with Gasteiger partial charge in [-0.05, 0) is 37.6 Å². The highest BCUT2D eigenvalue weighted by atomic mass is 19.1. The zero-order chi connectivity index (χ0) is 15.2. The lowest BCUT2D eigenvalue weighted by molar-refractivity contribution is 0.102. The molecule has 1 heterocycles. The summed E-state index contributed by atoms with van der Waals surface area (Å²) in [5, 5.41) is 5.77. The van der Waals surface area contributed by atoms with Crippen molar-refractivity contribution in [3.63, 3.8) is 0 Å². The standard InChI is InChI=1S/C15H17FN4O/c1-3-10(2)19-15-17-8-11(9-18-15)14(21)20-13-6-4-12(16)5-7-13/h4-10H,3H2,1-2H3,(H,20,21)(H,17,18,19). The highest BCUT2D eigenvalue weighted by Crippen LogP contribution is 2.10. The van der Waals surface area contributed by atoms with Gasteiger partial charge in [-0.3, -0.25) is 4.79 Å². The third-order valence-corrected chi connectivity index (χ3v) is 3.00. The summed E-state index contributed by atoms with van der Waals surface area (Å²) in [4.78, 5) is 20.2. The molecule has 0 aliphatic heterocycles. The van der Waals surface area contributed by atoms with Crippen LogP contribution in [-0.4, -0.2) is 21.9 Å². The number of hydrogen-bond donors (Lipinski definition) is 2. The van der Waals surface area contributed by atoms with Crippen LogP contribution < -0.4 is 10.6 Å². The van der Waals surface area contributed by atoms with Gasteiger partial charge in [0.1, 0.15) is 5.82 Å². The molecule has 1 atom stereocenters. The number of nitrogens with one attached hydrogen (secondary N) is 2. The Morgan fingerprint density at radius 3 is 2.43 bits per heavy atom. The average Bonchev–Trinajstić information content (AvgIpc) is 2.50. The van der Waals surface area contributed by atoms with Gasteiger partial charge < -0.3 is 10.6 Å². The SMILES string of the molecule is CCC(C)Nc1ncc(C(=O)Nc2ccc(F)cc2)cn1. The van der Waals surface area contributed by atoms with E-state index in [0.29, 0.717) is 17.2 Å². The monoisotopic (exact) mass is 288 g/mol. The van der Waals surface area contributed by atoms with Gasteiger partial charge in [0.2, 0.25) is 5.95 Å². The second kappa shape index (κ2) is 6.78. The second-order valence-corrected chi connectivity index (χ2v) is 4.71. The number of anilines is 2. The van der Waals surface area contributed by atoms with E-state index in [-0.39, 0.29) is 17.8 Å². The molecule has 1 aromatic heterocycles. The zero-order valence-electron chi connectivity index (χ0n) is 11.9. The Morgan fingerprint density at radius 1 is 1.24 bits per heavy atom. The first-order valence-electron chi connectivity index (χ1n) is 6.74. The molecule has 5 nitrogen and oxygen atoms in total. The Kier molecular flexibility index (Phi) is 4.81. The largest absolute Gasteiger partial charge is 0.352 e. The molecule has 1 aromatic carbocycles. The van der Waals surface area contributed by atoms with Crippen LogP contribution in [0.5, 0.6) is 0 Å². The molecule has 2 N–H and O–H groups in total. The summed E-state index contributed by atoms with van der Waals surface area (Å²) in [6.07, 6.45) is 3.86. The Bertz CT molecular complexity index is 598. The first-order chi connectivity index (χ1) is 10.1. The maximum atomic E-state index is 12.8. The lowest BCUT2D eigenvalue weighted by Gasteiger charge is -2.11. The molecule has 1 unspecified atom stereocenters. The molecule has 6 heteroatoms. The number of carbonyl (C=O) groups is 1. The van der Waals surface area contributed by atoms with Crippen LogP contribution in [0.25, 0.3) is 0 Å². The second-order valence-electron chi connectivity index (χ2n) is 4.71. The van der Waals surface area contributed by atoms with E-state index in [9.17, 15) is 9.18 Å². The molecule has 0 saturated heterocycles. The van der Waals surface area contributed by atoms with Crippen LogP contribution in [0.1, 0.15) is 30.6 Å². The van der Waals surface area contributed by atoms with E-state index in [2.05, 4.69) is 27.5 Å². The lowest BCUT2D eigenvalue weighted by atomic mass is 10.2. The van der Waals surface area contributed by atoms with Gasteiger partial charge in [-0.2, -0.15) is 0 Å². The highest BCUT2D eigenvalue weighted by Gasteiger charge is 2.08. The first-order valence-corrected chi connectivity index (χ1v) is 6.74. The van der Waals surface area contributed by atoms with Crippen molar-refractivity contribution < 1.29 is 9.18 Å². The van der Waals surface area contributed by atoms with E-state index in [1.54, 1.807) is 0 Å². The molecule has 21 heavy (non-hydrogen) atoms. The number of hydrogen-bond acceptors (Lipinski definition) is 4. The van der Waals surface area contributed by atoms with Crippen molar-refractivity contribution in [2.24, 2.45) is 0 Å². The molecule has 0 spiro atoms. The van der Waals surface area contributed by atoms with E-state index >= 15 is 0 Å². The van der Waals surface area contributed by atoms with Gasteiger partial charge in [0.05, 0.1) is 5.56 Å². The molecule has 0 fully saturated rings. The van der Waals surface area contributed by atoms with Crippen molar-refractivity contribution in [2.75, 3.05) is 10.6 Å². The molecule has 2 rings (SSSR count). The van der Waals surface area contributed by atoms with E-state index in [0.717, 1.165) is 6.42 Å². The summed E-state index contributed by atoms with van der Waals surface area (Å²) in [6, 6.07) is 5.82. The van der Waals surface area contributed by atoms with Crippen LogP contribution in [-0.2, 0) is 0 Å². The van der Waals surface area contributed by atoms with Crippen LogP contribution in [0, 0.1) is 5.82 Å². The fraction of sp³-hybridized carbons (Fsp3) is 0.267. The van der Waals surface area contributed by atoms with E-state index in [4.69, 9.17) is 0 Å². The van der Waals surface area contributed by atoms with Crippen LogP contribution in [0.15, 0.2) is 36.7 Å². The minimum Gasteiger partial charge on any atom is -0.352 e. The minimum atomic E-state index is -0.350. The maximum Gasteiger partial charge on any atom is 0.258 e. The first kappa shape index (κ1) is 14.9. The summed E-state index contributed by atoms with van der Waals surface area (Å²) >= 11 is 0. The Labute approximate surface area is 122 Å². The lowest BCUT2D eigenvalue weighted by Crippen LogP contribution is -2.17. The van der Waals surface area contributed by atoms with Gasteiger partial charge >= 0.3 is 0 Å². The molecule has 0 saturated carbocycles. The molecule has 0 bridgehead atoms. The van der Waals surface area contributed by atoms with Gasteiger partial charge in [-0.1, -0.05) is 6.92 Å². The van der Waals surface area contributed by atoms with Crippen molar-refractivity contribution >= 4 is 17.5 Å². The van der Waals surface area contributed by atoms with Crippen molar-refractivity contribution in [3.05, 3.63) is 48.0 Å². The summed E-state index contributed by atoms with van der Waals surface area (Å²) in [6.45, 7) is 4.08. The average molecular weight is 288 g/mol. The summed E-state index contributed by atoms with van der Waals surface area (Å²) < 4.78 is 12.8. The van der Waals surface area contributed by atoms with Gasteiger partial charge in [0, 0.05) is 24.1 Å². The molecule has 110 valence electrons. The minimum absolute atomic E-state index is 0.267. The van der Waals surface area contributed by atoms with Crippen LogP contribution in [0.3, 0.4) is 0 Å². The smallest absolute Gasteiger partial charge is 0.258 e. The van der Waals surface area contributed by atoms with Crippen LogP contribution >= 0.6 is 0 Å². The molecule has 1 amide bonds. The van der Waals surface area contributed by atoms with E-state index in [1.807, 2.05) is 6.92 Å². The summed E-state index contributed by atoms with van der Waals surface area (Å²) in [7, 11) is 0. The predicted molar refractivity (Wildman–Crippen MR) is 79.8 cm³/mol. The van der Waals surface area contributed by atoms with E-state index < -0.39 is 0 Å². The van der Waals surface area contributed by atoms with Gasteiger partial charge in [-0.15, -0.1) is 0 Å². The number of amides is 1. The Hall–Kier alpha value is -2.50. The highest BCUT2D eigenvalue weighted by molar-refractivity contribution is 6.03. The molecule has 2 aromatic rings. The number of rotatable bonds is 5. The van der Waals surface area contributed by atoms with Crippen molar-refractivity contribution in [1.82, 2.24) is 9.97 Å². The topological polar surface area (TPSA) is 66.9 Å². The summed E-state index contributed by atoms with van der Waals surface area (Å²) in [5.41, 5.74) is 0.859. The predicted octanol–water partition coefficient (Wildman–Crippen LogP) is 3.08. The number of aromatic nitrogens is 2. The van der Waals surface area contributed by atoms with Gasteiger partial charge in [-0.25, -0.2) is 14.4 Å². The normalized spacial score (nSPS) is 11.8. The van der Waals surface area contributed by atoms with Crippen molar-refractivity contribution in [2.45, 2.75) is 26.3 Å². The number of nitrogens with zero attached hydrogens (tertiary/aromatic N) is 2. The zero-order valence-corrected chi connectivity index (χ0v) is 11.9. The quantitative estimate of drug-likeness (QED) is 0.887. The van der Waals surface area contributed by atoms with Crippen LogP contribution in [0.2, 0.25) is 0 Å². The number of carbonyl (C=O) groups excluding carboxylic acids is 1. The van der Waals surface area contributed by atoms with Crippen molar-refractivity contribution in [1.29, 1.82) is 0 Å². The summed E-state index contributed by atoms with van der Waals surface area (Å²) in [5.74, 6) is -0.198. The molecule has 0 aliphatic rings. The number of benzene rings is 1. The van der Waals surface area contributed by atoms with Crippen LogP contribution in [0.4, 0.5) is 16.0 Å². The van der Waals surface area contributed by atoms with Gasteiger partial charge in [0.25, 0.3) is 5.91 Å². The third kappa shape index (κ3) is 4.24. The molecule has 0 radical (unpaired) electrons. The molecular formula is C15H17FN4O. The fourth-order valence-corrected chi connectivity index (χ4v) is 1.58.